The van der Waals surface area contributed by atoms with Gasteiger partial charge in [-0.3, -0.25) is 24.5 Å². The Morgan fingerprint density at radius 3 is 2.88 bits per heavy atom. The molecule has 2 aromatic heterocycles. The lowest BCUT2D eigenvalue weighted by Gasteiger charge is -2.31. The first-order valence-corrected chi connectivity index (χ1v) is 7.62. The summed E-state index contributed by atoms with van der Waals surface area (Å²) in [5, 5.41) is 21.9. The van der Waals surface area contributed by atoms with Gasteiger partial charge in [0.1, 0.15) is 12.3 Å². The van der Waals surface area contributed by atoms with Gasteiger partial charge >= 0.3 is 0 Å². The Balaban J connectivity index is 1.96. The number of aliphatic hydroxyl groups excluding tert-OH is 2. The number of ether oxygens (including phenoxy) is 1. The van der Waals surface area contributed by atoms with E-state index in [1.54, 1.807) is 13.8 Å². The highest BCUT2D eigenvalue weighted by Crippen LogP contribution is 2.25. The zero-order valence-corrected chi connectivity index (χ0v) is 13.3. The summed E-state index contributed by atoms with van der Waals surface area (Å²) in [5.74, 6) is -0.533. The Morgan fingerprint density at radius 1 is 1.46 bits per heavy atom. The third-order valence-electron chi connectivity index (χ3n) is 3.86. The number of aliphatic hydroxyl groups is 2. The number of aromatic nitrogens is 4. The van der Waals surface area contributed by atoms with E-state index >= 15 is 0 Å². The summed E-state index contributed by atoms with van der Waals surface area (Å²) in [7, 11) is 0. The van der Waals surface area contributed by atoms with Crippen LogP contribution < -0.4 is 10.9 Å². The Bertz CT molecular complexity index is 813. The summed E-state index contributed by atoms with van der Waals surface area (Å²) in [6.45, 7) is 3.41. The van der Waals surface area contributed by atoms with Crippen LogP contribution in [-0.2, 0) is 9.53 Å². The number of aromatic amines is 1. The molecule has 0 unspecified atom stereocenters. The number of nitrogens with one attached hydrogen (secondary N) is 2. The molecule has 4 N–H and O–H groups in total. The van der Waals surface area contributed by atoms with E-state index in [4.69, 9.17) is 4.74 Å². The van der Waals surface area contributed by atoms with Crippen molar-refractivity contribution in [2.24, 2.45) is 5.92 Å². The third kappa shape index (κ3) is 3.03. The van der Waals surface area contributed by atoms with Gasteiger partial charge in [-0.2, -0.15) is 4.98 Å². The first-order chi connectivity index (χ1) is 11.4. The summed E-state index contributed by atoms with van der Waals surface area (Å²) < 4.78 is 6.99. The molecule has 0 saturated carbocycles. The van der Waals surface area contributed by atoms with E-state index in [2.05, 4.69) is 20.3 Å². The fourth-order valence-electron chi connectivity index (χ4n) is 2.40. The molecule has 3 atom stereocenters. The predicted molar refractivity (Wildman–Crippen MR) is 83.2 cm³/mol. The lowest BCUT2D eigenvalue weighted by atomic mass is 10.1. The first kappa shape index (κ1) is 16.6. The fourth-order valence-corrected chi connectivity index (χ4v) is 2.40. The van der Waals surface area contributed by atoms with Crippen molar-refractivity contribution in [1.29, 1.82) is 0 Å². The molecule has 0 aliphatic carbocycles. The molecule has 130 valence electrons. The van der Waals surface area contributed by atoms with Crippen LogP contribution in [0.4, 0.5) is 5.95 Å². The van der Waals surface area contributed by atoms with Crippen molar-refractivity contribution in [2.45, 2.75) is 38.7 Å². The zero-order valence-electron chi connectivity index (χ0n) is 13.3. The Hall–Kier alpha value is -2.30. The molecule has 1 amide bonds. The smallest absolute Gasteiger partial charge is 0.280 e. The molecular weight excluding hydrogens is 318 g/mol. The van der Waals surface area contributed by atoms with E-state index in [9.17, 15) is 19.8 Å². The van der Waals surface area contributed by atoms with Gasteiger partial charge in [-0.15, -0.1) is 0 Å². The van der Waals surface area contributed by atoms with Gasteiger partial charge in [0.05, 0.1) is 19.0 Å². The number of amides is 1. The van der Waals surface area contributed by atoms with Crippen molar-refractivity contribution < 1.29 is 19.7 Å². The molecule has 0 bridgehead atoms. The maximum Gasteiger partial charge on any atom is 0.280 e. The van der Waals surface area contributed by atoms with Crippen molar-refractivity contribution in [3.05, 3.63) is 16.7 Å². The van der Waals surface area contributed by atoms with Gasteiger partial charge in [-0.25, -0.2) is 4.98 Å². The Labute approximate surface area is 136 Å². The molecule has 2 aromatic rings. The lowest BCUT2D eigenvalue weighted by Crippen LogP contribution is -2.39. The molecule has 1 saturated heterocycles. The number of imidazole rings is 1. The molecule has 0 radical (unpaired) electrons. The topological polar surface area (TPSA) is 142 Å². The molecule has 1 aliphatic rings. The minimum atomic E-state index is -0.951. The minimum absolute atomic E-state index is 0.0179. The molecule has 3 heterocycles. The van der Waals surface area contributed by atoms with Crippen LogP contribution in [0, 0.1) is 5.92 Å². The number of rotatable bonds is 3. The van der Waals surface area contributed by atoms with Crippen LogP contribution in [0.3, 0.4) is 0 Å². The van der Waals surface area contributed by atoms with E-state index in [1.165, 1.54) is 10.9 Å². The summed E-state index contributed by atoms with van der Waals surface area (Å²) >= 11 is 0. The maximum atomic E-state index is 12.1. The van der Waals surface area contributed by atoms with Crippen LogP contribution in [0.5, 0.6) is 0 Å². The average molecular weight is 337 g/mol. The zero-order chi connectivity index (χ0) is 17.4. The number of carbonyl (C=O) groups excluding carboxylic acids is 1. The van der Waals surface area contributed by atoms with Crippen molar-refractivity contribution >= 4 is 23.0 Å². The SMILES string of the molecule is CC(C)C(=O)Nc1nc2c(ncn2[C@H]2C[C@@H](O)[C@@H](O)CO2)c(=O)[nH]1. The van der Waals surface area contributed by atoms with Gasteiger partial charge in [0.2, 0.25) is 11.9 Å². The quantitative estimate of drug-likeness (QED) is 0.583. The van der Waals surface area contributed by atoms with Gasteiger partial charge in [0.15, 0.2) is 11.2 Å². The second-order valence-corrected chi connectivity index (χ2v) is 6.04. The molecule has 10 heteroatoms. The van der Waals surface area contributed by atoms with Crippen LogP contribution in [0.25, 0.3) is 11.2 Å². The van der Waals surface area contributed by atoms with E-state index in [0.29, 0.717) is 0 Å². The highest BCUT2D eigenvalue weighted by Gasteiger charge is 2.30. The standard InChI is InChI=1S/C14H19N5O5/c1-6(2)12(22)17-14-16-11-10(13(23)18-14)15-5-19(11)9-3-7(20)8(21)4-24-9/h5-9,20-21H,3-4H2,1-2H3,(H2,16,17,18,22,23)/t7-,8+,9-/m1/s1. The highest BCUT2D eigenvalue weighted by atomic mass is 16.5. The largest absolute Gasteiger partial charge is 0.390 e. The third-order valence-corrected chi connectivity index (χ3v) is 3.86. The Morgan fingerprint density at radius 2 is 2.21 bits per heavy atom. The normalized spacial score (nSPS) is 24.5. The second kappa shape index (κ2) is 6.30. The van der Waals surface area contributed by atoms with E-state index in [1.807, 2.05) is 0 Å². The molecule has 3 rings (SSSR count). The number of carbonyl (C=O) groups is 1. The van der Waals surface area contributed by atoms with Gasteiger partial charge in [-0.05, 0) is 0 Å². The molecule has 10 nitrogen and oxygen atoms in total. The minimum Gasteiger partial charge on any atom is -0.390 e. The van der Waals surface area contributed by atoms with E-state index in [-0.39, 0.29) is 42.0 Å². The maximum absolute atomic E-state index is 12.1. The molecule has 1 fully saturated rings. The van der Waals surface area contributed by atoms with Crippen molar-refractivity contribution in [3.8, 4) is 0 Å². The number of fused-ring (bicyclic) bond motifs is 1. The predicted octanol–water partition coefficient (Wildman–Crippen LogP) is -0.645. The highest BCUT2D eigenvalue weighted by molar-refractivity contribution is 5.91. The monoisotopic (exact) mass is 337 g/mol. The van der Waals surface area contributed by atoms with Crippen LogP contribution in [0.1, 0.15) is 26.5 Å². The van der Waals surface area contributed by atoms with Gasteiger partial charge in [-0.1, -0.05) is 13.8 Å². The van der Waals surface area contributed by atoms with Crippen LogP contribution in [-0.4, -0.2) is 54.5 Å². The van der Waals surface area contributed by atoms with Gasteiger partial charge < -0.3 is 14.9 Å². The van der Waals surface area contributed by atoms with Gasteiger partial charge in [0, 0.05) is 12.3 Å². The molecule has 0 aromatic carbocycles. The summed E-state index contributed by atoms with van der Waals surface area (Å²) in [4.78, 5) is 34.6. The lowest BCUT2D eigenvalue weighted by molar-refractivity contribution is -0.144. The Kier molecular flexibility index (Phi) is 4.35. The van der Waals surface area contributed by atoms with Crippen LogP contribution in [0.2, 0.25) is 0 Å². The molecule has 0 spiro atoms. The van der Waals surface area contributed by atoms with Crippen molar-refractivity contribution in [1.82, 2.24) is 19.5 Å². The van der Waals surface area contributed by atoms with Crippen LogP contribution >= 0.6 is 0 Å². The number of H-pyrrole nitrogens is 1. The summed E-state index contributed by atoms with van der Waals surface area (Å²) in [5.41, 5.74) is -0.164. The summed E-state index contributed by atoms with van der Waals surface area (Å²) in [6.07, 6.45) is -0.988. The average Bonchev–Trinajstić information content (AvgIpc) is 2.94. The van der Waals surface area contributed by atoms with Gasteiger partial charge in [0.25, 0.3) is 5.56 Å². The fraction of sp³-hybridized carbons (Fsp3) is 0.571. The van der Waals surface area contributed by atoms with E-state index < -0.39 is 24.0 Å². The molecule has 24 heavy (non-hydrogen) atoms. The van der Waals surface area contributed by atoms with Crippen molar-refractivity contribution in [3.63, 3.8) is 0 Å². The van der Waals surface area contributed by atoms with Crippen LogP contribution in [0.15, 0.2) is 11.1 Å². The molecular formula is C14H19N5O5. The summed E-state index contributed by atoms with van der Waals surface area (Å²) in [6, 6.07) is 0. The van der Waals surface area contributed by atoms with E-state index in [0.717, 1.165) is 0 Å². The first-order valence-electron chi connectivity index (χ1n) is 7.62. The number of nitrogens with zero attached hydrogens (tertiary/aromatic N) is 3. The number of hydrogen-bond donors (Lipinski definition) is 4. The number of anilines is 1. The second-order valence-electron chi connectivity index (χ2n) is 6.04. The number of hydrogen-bond acceptors (Lipinski definition) is 7. The van der Waals surface area contributed by atoms with Crippen molar-refractivity contribution in [2.75, 3.05) is 11.9 Å². The molecule has 1 aliphatic heterocycles.